The monoisotopic (exact) mass is 514 g/mol. The molecule has 182 valence electrons. The second-order valence-electron chi connectivity index (χ2n) is 7.75. The zero-order valence-corrected chi connectivity index (χ0v) is 18.8. The first kappa shape index (κ1) is 25.7. The first-order valence-corrected chi connectivity index (χ1v) is 11.6. The van der Waals surface area contributed by atoms with Crippen molar-refractivity contribution in [3.8, 4) is 0 Å². The number of sulfonamides is 1. The van der Waals surface area contributed by atoms with Crippen LogP contribution in [0.4, 0.5) is 32.0 Å². The average Bonchev–Trinajstić information content (AvgIpc) is 2.71. The minimum atomic E-state index is -5.97. The van der Waals surface area contributed by atoms with Crippen molar-refractivity contribution in [1.82, 2.24) is 4.31 Å². The van der Waals surface area contributed by atoms with E-state index >= 15 is 0 Å². The molecule has 2 aliphatic rings. The number of piperazine rings is 1. The van der Waals surface area contributed by atoms with Gasteiger partial charge in [-0.15, -0.1) is 0 Å². The van der Waals surface area contributed by atoms with Gasteiger partial charge in [-0.3, -0.25) is 0 Å². The van der Waals surface area contributed by atoms with E-state index in [-0.39, 0.29) is 24.5 Å². The first-order valence-electron chi connectivity index (χ1n) is 9.74. The van der Waals surface area contributed by atoms with Crippen LogP contribution in [0.15, 0.2) is 47.4 Å². The van der Waals surface area contributed by atoms with Crippen LogP contribution in [-0.4, -0.2) is 60.7 Å². The van der Waals surface area contributed by atoms with Crippen LogP contribution < -0.4 is 4.90 Å². The summed E-state index contributed by atoms with van der Waals surface area (Å²) in [6.45, 7) is 2.00. The molecule has 1 heterocycles. The number of halogens is 6. The summed E-state index contributed by atoms with van der Waals surface area (Å²) in [5.74, 6) is 0. The van der Waals surface area contributed by atoms with Gasteiger partial charge in [0.05, 0.1) is 4.91 Å². The standard InChI is InChI=1S/C20H20F6N2O3S2/c1-13-12-27(10-11-28(13)33(30,31)17-5-3-2-4-16(17)32)15-8-6-14(7-9-15)18(29,19(21,22)23)20(24,25)26/h2-3,5-9,13,29H,4,10-12H2,1H3/t13-/m1/s1. The Bertz CT molecular complexity index is 1060. The summed E-state index contributed by atoms with van der Waals surface area (Å²) in [5.41, 5.74) is -6.06. The highest BCUT2D eigenvalue weighted by Crippen LogP contribution is 2.50. The molecule has 0 unspecified atom stereocenters. The minimum Gasteiger partial charge on any atom is -0.369 e. The van der Waals surface area contributed by atoms with Crippen LogP contribution in [0.3, 0.4) is 0 Å². The lowest BCUT2D eigenvalue weighted by Crippen LogP contribution is -2.55. The number of rotatable bonds is 4. The largest absolute Gasteiger partial charge is 0.430 e. The van der Waals surface area contributed by atoms with Crippen LogP contribution in [0.5, 0.6) is 0 Å². The van der Waals surface area contributed by atoms with Crippen molar-refractivity contribution in [2.45, 2.75) is 37.3 Å². The number of nitrogens with zero attached hydrogens (tertiary/aromatic N) is 2. The van der Waals surface area contributed by atoms with Crippen LogP contribution in [0, 0.1) is 0 Å². The van der Waals surface area contributed by atoms with Gasteiger partial charge in [0.15, 0.2) is 0 Å². The molecule has 13 heteroatoms. The SMILES string of the molecule is C[C@@H]1CN(c2ccc(C(O)(C(F)(F)F)C(F)(F)F)cc2)CCN1S(=O)(=O)C1=CC=CCC1=S. The molecule has 33 heavy (non-hydrogen) atoms. The maximum absolute atomic E-state index is 13.1. The molecule has 1 aliphatic carbocycles. The lowest BCUT2D eigenvalue weighted by atomic mass is 9.92. The van der Waals surface area contributed by atoms with Crippen molar-refractivity contribution in [3.05, 3.63) is 53.0 Å². The van der Waals surface area contributed by atoms with Crippen LogP contribution >= 0.6 is 12.2 Å². The van der Waals surface area contributed by atoms with Gasteiger partial charge in [-0.1, -0.05) is 36.5 Å². The molecule has 1 aliphatic heterocycles. The molecular weight excluding hydrogens is 494 g/mol. The molecule has 5 nitrogen and oxygen atoms in total. The Balaban J connectivity index is 1.80. The molecule has 0 spiro atoms. The predicted molar refractivity (Wildman–Crippen MR) is 114 cm³/mol. The van der Waals surface area contributed by atoms with E-state index < -0.39 is 39.6 Å². The van der Waals surface area contributed by atoms with E-state index in [1.807, 2.05) is 0 Å². The van der Waals surface area contributed by atoms with Crippen molar-refractivity contribution in [2.24, 2.45) is 0 Å². The molecule has 1 aromatic rings. The summed E-state index contributed by atoms with van der Waals surface area (Å²) in [4.78, 5) is 1.99. The fraction of sp³-hybridized carbons (Fsp3) is 0.450. The van der Waals surface area contributed by atoms with Gasteiger partial charge in [-0.05, 0) is 25.1 Å². The topological polar surface area (TPSA) is 60.9 Å². The van der Waals surface area contributed by atoms with Gasteiger partial charge in [0.2, 0.25) is 10.0 Å². The normalized spacial score (nSPS) is 21.3. The molecule has 0 amide bonds. The quantitative estimate of drug-likeness (QED) is 0.485. The highest BCUT2D eigenvalue weighted by atomic mass is 32.2. The Morgan fingerprint density at radius 3 is 2.09 bits per heavy atom. The molecule has 0 bridgehead atoms. The lowest BCUT2D eigenvalue weighted by molar-refractivity contribution is -0.376. The fourth-order valence-electron chi connectivity index (χ4n) is 3.81. The van der Waals surface area contributed by atoms with Crippen LogP contribution in [0.25, 0.3) is 0 Å². The second kappa shape index (κ2) is 8.67. The number of thiocarbonyl (C=S) groups is 1. The van der Waals surface area contributed by atoms with E-state index in [9.17, 15) is 39.9 Å². The third kappa shape index (κ3) is 4.55. The zero-order valence-electron chi connectivity index (χ0n) is 17.2. The molecule has 1 N–H and O–H groups in total. The number of hydrogen-bond donors (Lipinski definition) is 1. The maximum Gasteiger partial charge on any atom is 0.430 e. The summed E-state index contributed by atoms with van der Waals surface area (Å²) >= 11 is 5.16. The van der Waals surface area contributed by atoms with E-state index in [0.29, 0.717) is 29.1 Å². The van der Waals surface area contributed by atoms with Crippen molar-refractivity contribution in [1.29, 1.82) is 0 Å². The number of anilines is 1. The van der Waals surface area contributed by atoms with Crippen molar-refractivity contribution in [2.75, 3.05) is 24.5 Å². The van der Waals surface area contributed by atoms with Crippen molar-refractivity contribution >= 4 is 32.8 Å². The molecule has 0 radical (unpaired) electrons. The summed E-state index contributed by atoms with van der Waals surface area (Å²) in [5, 5.41) is 9.51. The van der Waals surface area contributed by atoms with E-state index in [0.717, 1.165) is 12.1 Å². The summed E-state index contributed by atoms with van der Waals surface area (Å²) in [6.07, 6.45) is -6.82. The smallest absolute Gasteiger partial charge is 0.369 e. The lowest BCUT2D eigenvalue weighted by Gasteiger charge is -2.40. The molecule has 1 aromatic carbocycles. The van der Waals surface area contributed by atoms with E-state index in [1.165, 1.54) is 10.4 Å². The molecular formula is C20H20F6N2O3S2. The van der Waals surface area contributed by atoms with Gasteiger partial charge in [0, 0.05) is 48.2 Å². The third-order valence-electron chi connectivity index (χ3n) is 5.59. The van der Waals surface area contributed by atoms with Gasteiger partial charge in [-0.25, -0.2) is 8.42 Å². The van der Waals surface area contributed by atoms with Crippen LogP contribution in [0.2, 0.25) is 0 Å². The number of alkyl halides is 6. The Morgan fingerprint density at radius 2 is 1.61 bits per heavy atom. The highest BCUT2D eigenvalue weighted by Gasteiger charge is 2.71. The Labute approximate surface area is 192 Å². The van der Waals surface area contributed by atoms with E-state index in [2.05, 4.69) is 0 Å². The third-order valence-corrected chi connectivity index (χ3v) is 8.20. The van der Waals surface area contributed by atoms with Gasteiger partial charge in [0.1, 0.15) is 0 Å². The van der Waals surface area contributed by atoms with Gasteiger partial charge >= 0.3 is 12.4 Å². The van der Waals surface area contributed by atoms with E-state index in [1.54, 1.807) is 24.0 Å². The molecule has 0 aromatic heterocycles. The Hall–Kier alpha value is -1.96. The highest BCUT2D eigenvalue weighted by molar-refractivity contribution is 7.96. The molecule has 3 rings (SSSR count). The fourth-order valence-corrected chi connectivity index (χ4v) is 6.03. The molecule has 1 atom stereocenters. The van der Waals surface area contributed by atoms with Crippen molar-refractivity contribution < 1.29 is 39.9 Å². The molecule has 1 fully saturated rings. The van der Waals surface area contributed by atoms with Crippen LogP contribution in [0.1, 0.15) is 18.9 Å². The van der Waals surface area contributed by atoms with Crippen LogP contribution in [-0.2, 0) is 15.6 Å². The molecule has 1 saturated heterocycles. The molecule has 0 saturated carbocycles. The van der Waals surface area contributed by atoms with Crippen molar-refractivity contribution in [3.63, 3.8) is 0 Å². The number of benzene rings is 1. The summed E-state index contributed by atoms with van der Waals surface area (Å²) in [6, 6.07) is 2.68. The first-order chi connectivity index (χ1) is 15.1. The van der Waals surface area contributed by atoms with E-state index in [4.69, 9.17) is 12.2 Å². The van der Waals surface area contributed by atoms with Gasteiger partial charge in [-0.2, -0.15) is 30.6 Å². The summed E-state index contributed by atoms with van der Waals surface area (Å²) < 4.78 is 106. The van der Waals surface area contributed by atoms with Gasteiger partial charge in [0.25, 0.3) is 5.60 Å². The average molecular weight is 515 g/mol. The predicted octanol–water partition coefficient (Wildman–Crippen LogP) is 4.05. The maximum atomic E-state index is 13.1. The Kier molecular flexibility index (Phi) is 6.75. The number of allylic oxidation sites excluding steroid dienone is 4. The second-order valence-corrected chi connectivity index (χ2v) is 10.1. The Morgan fingerprint density at radius 1 is 1.03 bits per heavy atom. The zero-order chi connectivity index (χ0) is 24.8. The number of hydrogen-bond acceptors (Lipinski definition) is 5. The minimum absolute atomic E-state index is 0.0447. The number of aliphatic hydroxyl groups is 1. The summed E-state index contributed by atoms with van der Waals surface area (Å²) in [7, 11) is -3.86. The van der Waals surface area contributed by atoms with Gasteiger partial charge < -0.3 is 10.0 Å².